The summed E-state index contributed by atoms with van der Waals surface area (Å²) in [4.78, 5) is 4.43. The van der Waals surface area contributed by atoms with Gasteiger partial charge in [0.15, 0.2) is 6.61 Å². The van der Waals surface area contributed by atoms with Crippen LogP contribution < -0.4 is 4.74 Å². The average Bonchev–Trinajstić information content (AvgIpc) is 2.98. The molecule has 0 unspecified atom stereocenters. The summed E-state index contributed by atoms with van der Waals surface area (Å²) in [6.07, 6.45) is 0. The Morgan fingerprint density at radius 2 is 1.78 bits per heavy atom. The number of hydrogen-bond donors (Lipinski definition) is 0. The summed E-state index contributed by atoms with van der Waals surface area (Å²) in [6, 6.07) is 12.1. The lowest BCUT2D eigenvalue weighted by Crippen LogP contribution is -2.00. The Labute approximate surface area is 136 Å². The Morgan fingerprint density at radius 3 is 2.57 bits per heavy atom. The standard InChI is InChI=1S/C19H20N2O2/c1-12-9-14(3)15(4)17(10-12)22-11-18-20-19(23-21-18)16-8-6-5-7-13(16)2/h5-10H,11H2,1-4H3. The fourth-order valence-corrected chi connectivity index (χ4v) is 2.53. The van der Waals surface area contributed by atoms with Crippen molar-refractivity contribution in [1.29, 1.82) is 0 Å². The van der Waals surface area contributed by atoms with E-state index in [1.54, 1.807) is 0 Å². The van der Waals surface area contributed by atoms with Gasteiger partial charge in [-0.3, -0.25) is 0 Å². The van der Waals surface area contributed by atoms with Crippen LogP contribution in [-0.2, 0) is 6.61 Å². The van der Waals surface area contributed by atoms with Gasteiger partial charge in [-0.1, -0.05) is 29.4 Å². The van der Waals surface area contributed by atoms with Gasteiger partial charge in [0.2, 0.25) is 5.82 Å². The van der Waals surface area contributed by atoms with Crippen LogP contribution in [0.15, 0.2) is 40.9 Å². The predicted octanol–water partition coefficient (Wildman–Crippen LogP) is 4.55. The molecular weight excluding hydrogens is 288 g/mol. The van der Waals surface area contributed by atoms with Crippen molar-refractivity contribution in [3.63, 3.8) is 0 Å². The first kappa shape index (κ1) is 15.3. The normalized spacial score (nSPS) is 10.8. The molecule has 0 saturated carbocycles. The van der Waals surface area contributed by atoms with Gasteiger partial charge in [0.25, 0.3) is 5.89 Å². The van der Waals surface area contributed by atoms with Crippen molar-refractivity contribution in [3.05, 3.63) is 64.5 Å². The molecule has 0 bridgehead atoms. The van der Waals surface area contributed by atoms with E-state index in [0.29, 0.717) is 18.3 Å². The van der Waals surface area contributed by atoms with Crippen LogP contribution >= 0.6 is 0 Å². The first-order valence-corrected chi connectivity index (χ1v) is 7.64. The lowest BCUT2D eigenvalue weighted by Gasteiger charge is -2.10. The van der Waals surface area contributed by atoms with E-state index in [1.807, 2.05) is 37.3 Å². The third-order valence-corrected chi connectivity index (χ3v) is 3.96. The third-order valence-electron chi connectivity index (χ3n) is 3.96. The number of aromatic nitrogens is 2. The molecule has 118 valence electrons. The van der Waals surface area contributed by atoms with Crippen molar-refractivity contribution >= 4 is 0 Å². The molecule has 0 spiro atoms. The van der Waals surface area contributed by atoms with Gasteiger partial charge in [0.1, 0.15) is 5.75 Å². The number of hydrogen-bond acceptors (Lipinski definition) is 4. The van der Waals surface area contributed by atoms with E-state index >= 15 is 0 Å². The lowest BCUT2D eigenvalue weighted by atomic mass is 10.1. The minimum Gasteiger partial charge on any atom is -0.485 e. The number of aryl methyl sites for hydroxylation is 3. The maximum Gasteiger partial charge on any atom is 0.258 e. The zero-order valence-electron chi connectivity index (χ0n) is 13.9. The molecule has 0 aliphatic rings. The van der Waals surface area contributed by atoms with Gasteiger partial charge in [-0.25, -0.2) is 0 Å². The molecule has 0 aliphatic heterocycles. The van der Waals surface area contributed by atoms with Crippen molar-refractivity contribution in [2.24, 2.45) is 0 Å². The first-order chi connectivity index (χ1) is 11.0. The highest BCUT2D eigenvalue weighted by Gasteiger charge is 2.12. The van der Waals surface area contributed by atoms with Crippen LogP contribution in [-0.4, -0.2) is 10.1 Å². The second-order valence-electron chi connectivity index (χ2n) is 5.82. The Hall–Kier alpha value is -2.62. The van der Waals surface area contributed by atoms with E-state index in [1.165, 1.54) is 11.1 Å². The largest absolute Gasteiger partial charge is 0.485 e. The molecule has 0 N–H and O–H groups in total. The molecule has 0 radical (unpaired) electrons. The van der Waals surface area contributed by atoms with Crippen molar-refractivity contribution < 1.29 is 9.26 Å². The Kier molecular flexibility index (Phi) is 4.15. The molecule has 1 heterocycles. The smallest absolute Gasteiger partial charge is 0.258 e. The van der Waals surface area contributed by atoms with Crippen LogP contribution in [0.1, 0.15) is 28.1 Å². The highest BCUT2D eigenvalue weighted by atomic mass is 16.5. The molecule has 4 heteroatoms. The fraction of sp³-hybridized carbons (Fsp3) is 0.263. The molecule has 3 aromatic rings. The van der Waals surface area contributed by atoms with Crippen molar-refractivity contribution in [3.8, 4) is 17.2 Å². The molecular formula is C19H20N2O2. The number of rotatable bonds is 4. The predicted molar refractivity (Wildman–Crippen MR) is 89.5 cm³/mol. The Bertz CT molecular complexity index is 837. The van der Waals surface area contributed by atoms with Gasteiger partial charge in [-0.05, 0) is 62.1 Å². The van der Waals surface area contributed by atoms with Crippen LogP contribution in [0.25, 0.3) is 11.5 Å². The van der Waals surface area contributed by atoms with E-state index < -0.39 is 0 Å². The molecule has 3 rings (SSSR count). The second-order valence-corrected chi connectivity index (χ2v) is 5.82. The summed E-state index contributed by atoms with van der Waals surface area (Å²) in [5, 5.41) is 4.01. The minimum atomic E-state index is 0.291. The molecule has 23 heavy (non-hydrogen) atoms. The summed E-state index contributed by atoms with van der Waals surface area (Å²) >= 11 is 0. The molecule has 0 amide bonds. The van der Waals surface area contributed by atoms with Gasteiger partial charge < -0.3 is 9.26 Å². The number of ether oxygens (including phenoxy) is 1. The summed E-state index contributed by atoms with van der Waals surface area (Å²) in [5.74, 6) is 1.94. The minimum absolute atomic E-state index is 0.291. The summed E-state index contributed by atoms with van der Waals surface area (Å²) in [6.45, 7) is 8.51. The van der Waals surface area contributed by atoms with E-state index in [9.17, 15) is 0 Å². The summed E-state index contributed by atoms with van der Waals surface area (Å²) in [5.41, 5.74) is 5.59. The Balaban J connectivity index is 1.77. The highest BCUT2D eigenvalue weighted by molar-refractivity contribution is 5.57. The SMILES string of the molecule is Cc1cc(C)c(C)c(OCc2noc(-c3ccccc3C)n2)c1. The average molecular weight is 308 g/mol. The van der Waals surface area contributed by atoms with Crippen LogP contribution in [0, 0.1) is 27.7 Å². The third kappa shape index (κ3) is 3.26. The Morgan fingerprint density at radius 1 is 1.00 bits per heavy atom. The summed E-state index contributed by atoms with van der Waals surface area (Å²) in [7, 11) is 0. The van der Waals surface area contributed by atoms with E-state index in [-0.39, 0.29) is 0 Å². The zero-order chi connectivity index (χ0) is 16.4. The number of nitrogens with zero attached hydrogens (tertiary/aromatic N) is 2. The van der Waals surface area contributed by atoms with Gasteiger partial charge in [0.05, 0.1) is 0 Å². The molecule has 0 aliphatic carbocycles. The molecule has 0 fully saturated rings. The molecule has 2 aromatic carbocycles. The molecule has 0 saturated heterocycles. The molecule has 1 aromatic heterocycles. The van der Waals surface area contributed by atoms with Gasteiger partial charge in [-0.2, -0.15) is 4.98 Å². The summed E-state index contributed by atoms with van der Waals surface area (Å²) < 4.78 is 11.2. The fourth-order valence-electron chi connectivity index (χ4n) is 2.53. The van der Waals surface area contributed by atoms with Crippen LogP contribution in [0.5, 0.6) is 5.75 Å². The van der Waals surface area contributed by atoms with Crippen LogP contribution in [0.2, 0.25) is 0 Å². The monoisotopic (exact) mass is 308 g/mol. The van der Waals surface area contributed by atoms with Crippen molar-refractivity contribution in [2.75, 3.05) is 0 Å². The topological polar surface area (TPSA) is 48.2 Å². The van der Waals surface area contributed by atoms with E-state index in [4.69, 9.17) is 9.26 Å². The number of benzene rings is 2. The maximum absolute atomic E-state index is 5.88. The van der Waals surface area contributed by atoms with Gasteiger partial charge in [0, 0.05) is 5.56 Å². The molecule has 0 atom stereocenters. The molecule has 4 nitrogen and oxygen atoms in total. The van der Waals surface area contributed by atoms with Gasteiger partial charge >= 0.3 is 0 Å². The van der Waals surface area contributed by atoms with Crippen molar-refractivity contribution in [1.82, 2.24) is 10.1 Å². The van der Waals surface area contributed by atoms with Crippen LogP contribution in [0.3, 0.4) is 0 Å². The van der Waals surface area contributed by atoms with E-state index in [0.717, 1.165) is 22.4 Å². The van der Waals surface area contributed by atoms with E-state index in [2.05, 4.69) is 37.0 Å². The maximum atomic E-state index is 5.88. The first-order valence-electron chi connectivity index (χ1n) is 7.64. The van der Waals surface area contributed by atoms with Crippen molar-refractivity contribution in [2.45, 2.75) is 34.3 Å². The lowest BCUT2D eigenvalue weighted by molar-refractivity contribution is 0.285. The van der Waals surface area contributed by atoms with Gasteiger partial charge in [-0.15, -0.1) is 0 Å². The quantitative estimate of drug-likeness (QED) is 0.709. The second kappa shape index (κ2) is 6.24. The van der Waals surface area contributed by atoms with Crippen LogP contribution in [0.4, 0.5) is 0 Å². The highest BCUT2D eigenvalue weighted by Crippen LogP contribution is 2.25. The zero-order valence-corrected chi connectivity index (χ0v) is 13.9.